The fourth-order valence-corrected chi connectivity index (χ4v) is 2.87. The lowest BCUT2D eigenvalue weighted by molar-refractivity contribution is 0.0496. The van der Waals surface area contributed by atoms with Gasteiger partial charge in [0, 0.05) is 10.5 Å². The Morgan fingerprint density at radius 2 is 2.14 bits per heavy atom. The van der Waals surface area contributed by atoms with Crippen molar-refractivity contribution < 1.29 is 9.53 Å². The first kappa shape index (κ1) is 17.0. The highest BCUT2D eigenvalue weighted by Gasteiger charge is 2.26. The molecule has 22 heavy (non-hydrogen) atoms. The molecule has 0 heterocycles. The molecule has 5 heteroatoms. The predicted molar refractivity (Wildman–Crippen MR) is 92.5 cm³/mol. The lowest BCUT2D eigenvalue weighted by atomic mass is 9.87. The molecule has 0 aliphatic heterocycles. The summed E-state index contributed by atoms with van der Waals surface area (Å²) in [7, 11) is 0. The second kappa shape index (κ2) is 6.84. The van der Waals surface area contributed by atoms with Gasteiger partial charge in [0.25, 0.3) is 0 Å². The molecule has 0 bridgehead atoms. The molecular formula is C17H23BrN2O2. The van der Waals surface area contributed by atoms with Crippen molar-refractivity contribution in [2.75, 3.05) is 0 Å². The van der Waals surface area contributed by atoms with Crippen molar-refractivity contribution in [2.45, 2.75) is 51.3 Å². The van der Waals surface area contributed by atoms with Crippen LogP contribution in [0.15, 0.2) is 34.8 Å². The molecule has 120 valence electrons. The van der Waals surface area contributed by atoms with Gasteiger partial charge in [-0.15, -0.1) is 0 Å². The van der Waals surface area contributed by atoms with Gasteiger partial charge in [0.2, 0.25) is 0 Å². The molecule has 0 aromatic heterocycles. The van der Waals surface area contributed by atoms with Crippen LogP contribution in [0.4, 0.5) is 4.79 Å². The van der Waals surface area contributed by atoms with Crippen LogP contribution >= 0.6 is 15.9 Å². The van der Waals surface area contributed by atoms with Crippen LogP contribution in [0.5, 0.6) is 0 Å². The Hall–Kier alpha value is -1.33. The maximum Gasteiger partial charge on any atom is 0.407 e. The van der Waals surface area contributed by atoms with Gasteiger partial charge in [-0.05, 0) is 56.9 Å². The zero-order valence-electron chi connectivity index (χ0n) is 13.2. The van der Waals surface area contributed by atoms with Crippen LogP contribution < -0.4 is 11.1 Å². The van der Waals surface area contributed by atoms with E-state index >= 15 is 0 Å². The summed E-state index contributed by atoms with van der Waals surface area (Å²) < 4.78 is 6.33. The van der Waals surface area contributed by atoms with Gasteiger partial charge in [-0.2, -0.15) is 0 Å². The number of hydrogen-bond donors (Lipinski definition) is 2. The summed E-state index contributed by atoms with van der Waals surface area (Å²) in [5.74, 6) is 0. The topological polar surface area (TPSA) is 64.3 Å². The third-order valence-corrected chi connectivity index (χ3v) is 3.98. The van der Waals surface area contributed by atoms with Crippen molar-refractivity contribution in [1.29, 1.82) is 0 Å². The number of benzene rings is 1. The first-order chi connectivity index (χ1) is 10.2. The number of hydrogen-bond acceptors (Lipinski definition) is 3. The number of carbonyl (C=O) groups excluding carboxylic acids is 1. The Morgan fingerprint density at radius 1 is 1.41 bits per heavy atom. The number of nitrogens with one attached hydrogen (secondary N) is 1. The molecule has 1 aliphatic rings. The molecule has 2 rings (SSSR count). The average molecular weight is 367 g/mol. The van der Waals surface area contributed by atoms with E-state index < -0.39 is 11.7 Å². The Kier molecular flexibility index (Phi) is 5.29. The highest BCUT2D eigenvalue weighted by atomic mass is 79.9. The highest BCUT2D eigenvalue weighted by molar-refractivity contribution is 9.10. The fraction of sp³-hybridized carbons (Fsp3) is 0.471. The SMILES string of the molecule is CC(C)(C)OC(=O)N[C@H]1CC=C(c2cccc(Br)c2)C[C@@H]1N. The van der Waals surface area contributed by atoms with Crippen molar-refractivity contribution in [3.8, 4) is 0 Å². The predicted octanol–water partition coefficient (Wildman–Crippen LogP) is 3.85. The average Bonchev–Trinajstić information content (AvgIpc) is 2.39. The summed E-state index contributed by atoms with van der Waals surface area (Å²) in [6, 6.07) is 7.96. The van der Waals surface area contributed by atoms with Gasteiger partial charge < -0.3 is 15.8 Å². The van der Waals surface area contributed by atoms with E-state index in [-0.39, 0.29) is 12.1 Å². The largest absolute Gasteiger partial charge is 0.444 e. The van der Waals surface area contributed by atoms with E-state index in [9.17, 15) is 4.79 Å². The second-order valence-corrected chi connectivity index (χ2v) is 7.51. The molecule has 1 aliphatic carbocycles. The van der Waals surface area contributed by atoms with Crippen LogP contribution in [0, 0.1) is 0 Å². The van der Waals surface area contributed by atoms with E-state index in [2.05, 4.69) is 39.5 Å². The minimum atomic E-state index is -0.500. The number of carbonyl (C=O) groups is 1. The highest BCUT2D eigenvalue weighted by Crippen LogP contribution is 2.28. The van der Waals surface area contributed by atoms with Gasteiger partial charge in [0.15, 0.2) is 0 Å². The third-order valence-electron chi connectivity index (χ3n) is 3.49. The molecule has 2 atom stereocenters. The van der Waals surface area contributed by atoms with Gasteiger partial charge in [-0.1, -0.05) is 34.1 Å². The molecule has 0 fully saturated rings. The van der Waals surface area contributed by atoms with Gasteiger partial charge in [0.05, 0.1) is 6.04 Å². The Balaban J connectivity index is 2.01. The van der Waals surface area contributed by atoms with Crippen LogP contribution in [0.3, 0.4) is 0 Å². The lowest BCUT2D eigenvalue weighted by Gasteiger charge is -2.30. The zero-order chi connectivity index (χ0) is 16.3. The Labute approximate surface area is 140 Å². The molecule has 0 saturated carbocycles. The van der Waals surface area contributed by atoms with Gasteiger partial charge in [0.1, 0.15) is 5.60 Å². The number of alkyl carbamates (subject to hydrolysis) is 1. The summed E-state index contributed by atoms with van der Waals surface area (Å²) in [6.07, 6.45) is 3.18. The fourth-order valence-electron chi connectivity index (χ4n) is 2.47. The maximum absolute atomic E-state index is 11.9. The molecule has 4 nitrogen and oxygen atoms in total. The van der Waals surface area contributed by atoms with Crippen LogP contribution in [0.2, 0.25) is 0 Å². The lowest BCUT2D eigenvalue weighted by Crippen LogP contribution is -2.50. The minimum Gasteiger partial charge on any atom is -0.444 e. The number of halogens is 1. The number of ether oxygens (including phenoxy) is 1. The molecule has 0 radical (unpaired) electrons. The summed E-state index contributed by atoms with van der Waals surface area (Å²) >= 11 is 3.48. The summed E-state index contributed by atoms with van der Waals surface area (Å²) in [5.41, 5.74) is 8.12. The monoisotopic (exact) mass is 366 g/mol. The van der Waals surface area contributed by atoms with Crippen molar-refractivity contribution in [3.63, 3.8) is 0 Å². The van der Waals surface area contributed by atoms with Crippen LogP contribution in [0.1, 0.15) is 39.2 Å². The van der Waals surface area contributed by atoms with E-state index in [0.717, 1.165) is 10.9 Å². The molecule has 1 aromatic rings. The van der Waals surface area contributed by atoms with E-state index in [1.54, 1.807) is 0 Å². The minimum absolute atomic E-state index is 0.0919. The molecule has 1 amide bonds. The summed E-state index contributed by atoms with van der Waals surface area (Å²) in [6.45, 7) is 5.54. The van der Waals surface area contributed by atoms with E-state index in [4.69, 9.17) is 10.5 Å². The molecule has 0 unspecified atom stereocenters. The molecule has 0 saturated heterocycles. The number of amides is 1. The molecule has 3 N–H and O–H groups in total. The smallest absolute Gasteiger partial charge is 0.407 e. The van der Waals surface area contributed by atoms with Crippen molar-refractivity contribution in [3.05, 3.63) is 40.4 Å². The van der Waals surface area contributed by atoms with Gasteiger partial charge in [-0.3, -0.25) is 0 Å². The maximum atomic E-state index is 11.9. The van der Waals surface area contributed by atoms with E-state index in [1.807, 2.05) is 32.9 Å². The number of rotatable bonds is 2. The van der Waals surface area contributed by atoms with Crippen LogP contribution in [-0.2, 0) is 4.74 Å². The van der Waals surface area contributed by atoms with Crippen molar-refractivity contribution in [2.24, 2.45) is 5.73 Å². The van der Waals surface area contributed by atoms with E-state index in [1.165, 1.54) is 11.1 Å². The Morgan fingerprint density at radius 3 is 2.73 bits per heavy atom. The second-order valence-electron chi connectivity index (χ2n) is 6.60. The zero-order valence-corrected chi connectivity index (χ0v) is 14.8. The van der Waals surface area contributed by atoms with Crippen molar-refractivity contribution >= 4 is 27.6 Å². The quantitative estimate of drug-likeness (QED) is 0.835. The summed E-state index contributed by atoms with van der Waals surface area (Å²) in [5, 5.41) is 2.87. The van der Waals surface area contributed by atoms with E-state index in [0.29, 0.717) is 6.42 Å². The molecular weight excluding hydrogens is 344 g/mol. The Bertz CT molecular complexity index is 578. The first-order valence-corrected chi connectivity index (χ1v) is 8.24. The first-order valence-electron chi connectivity index (χ1n) is 7.45. The standard InChI is InChI=1S/C17H23BrN2O2/c1-17(2,3)22-16(21)20-15-8-7-12(10-14(15)19)11-5-4-6-13(18)9-11/h4-7,9,14-15H,8,10,19H2,1-3H3,(H,20,21)/t14-,15-/m0/s1. The van der Waals surface area contributed by atoms with Crippen molar-refractivity contribution in [1.82, 2.24) is 5.32 Å². The molecule has 0 spiro atoms. The van der Waals surface area contributed by atoms with Gasteiger partial charge in [-0.25, -0.2) is 4.79 Å². The third kappa shape index (κ3) is 4.85. The molecule has 1 aromatic carbocycles. The summed E-state index contributed by atoms with van der Waals surface area (Å²) in [4.78, 5) is 11.9. The van der Waals surface area contributed by atoms with Crippen LogP contribution in [-0.4, -0.2) is 23.8 Å². The van der Waals surface area contributed by atoms with Gasteiger partial charge >= 0.3 is 6.09 Å². The number of nitrogens with two attached hydrogens (primary N) is 1. The normalized spacial score (nSPS) is 22.0. The van der Waals surface area contributed by atoms with Crippen LogP contribution in [0.25, 0.3) is 5.57 Å².